The van der Waals surface area contributed by atoms with Gasteiger partial charge in [0.05, 0.1) is 0 Å². The molecule has 0 spiro atoms. The fraction of sp³-hybridized carbons (Fsp3) is 0.429. The lowest BCUT2D eigenvalue weighted by Gasteiger charge is -2.14. The minimum Gasteiger partial charge on any atom is -0.347 e. The highest BCUT2D eigenvalue weighted by molar-refractivity contribution is 6.31. The molecule has 0 saturated heterocycles. The molecule has 1 aromatic heterocycles. The first kappa shape index (κ1) is 11.5. The molecule has 0 aliphatic heterocycles. The molecule has 1 heterocycles. The summed E-state index contributed by atoms with van der Waals surface area (Å²) in [6.45, 7) is 5.61. The monoisotopic (exact) mass is 235 g/mol. The van der Waals surface area contributed by atoms with E-state index in [0.29, 0.717) is 0 Å². The van der Waals surface area contributed by atoms with Gasteiger partial charge in [0.15, 0.2) is 0 Å². The predicted molar refractivity (Wildman–Crippen MR) is 71.0 cm³/mol. The molecular formula is C14H18ClN. The number of hydrogen-bond donors (Lipinski definition) is 0. The first-order chi connectivity index (χ1) is 7.74. The van der Waals surface area contributed by atoms with Crippen LogP contribution in [0.15, 0.2) is 30.5 Å². The lowest BCUT2D eigenvalue weighted by Crippen LogP contribution is -2.07. The number of nitrogens with zero attached hydrogens (tertiary/aromatic N) is 1. The summed E-state index contributed by atoms with van der Waals surface area (Å²) in [5.41, 5.74) is 1.25. The van der Waals surface area contributed by atoms with Crippen LogP contribution in [0.3, 0.4) is 0 Å². The second-order valence-corrected chi connectivity index (χ2v) is 4.79. The number of halogens is 1. The van der Waals surface area contributed by atoms with Crippen LogP contribution in [-0.2, 0) is 6.54 Å². The normalized spacial score (nSPS) is 11.5. The molecule has 0 amide bonds. The molecule has 86 valence electrons. The molecule has 2 heteroatoms. The third kappa shape index (κ3) is 2.25. The molecule has 0 aliphatic carbocycles. The van der Waals surface area contributed by atoms with E-state index < -0.39 is 0 Å². The summed E-state index contributed by atoms with van der Waals surface area (Å²) in [4.78, 5) is 0. The summed E-state index contributed by atoms with van der Waals surface area (Å²) in [6.07, 6.45) is 4.63. The van der Waals surface area contributed by atoms with Gasteiger partial charge in [-0.1, -0.05) is 44.4 Å². The van der Waals surface area contributed by atoms with Gasteiger partial charge in [0, 0.05) is 23.3 Å². The number of rotatable bonds is 4. The standard InChI is InChI=1S/C14H18ClN/c1-3-11(4-2)10-16-8-7-12-5-6-13(15)9-14(12)16/h5-9,11H,3-4,10H2,1-2H3. The minimum absolute atomic E-state index is 0.759. The smallest absolute Gasteiger partial charge is 0.0495 e. The molecule has 0 fully saturated rings. The molecule has 0 atom stereocenters. The largest absolute Gasteiger partial charge is 0.347 e. The fourth-order valence-electron chi connectivity index (χ4n) is 2.14. The molecule has 1 nitrogen and oxygen atoms in total. The van der Waals surface area contributed by atoms with E-state index >= 15 is 0 Å². The van der Waals surface area contributed by atoms with Crippen molar-refractivity contribution in [1.29, 1.82) is 0 Å². The van der Waals surface area contributed by atoms with Crippen LogP contribution in [0, 0.1) is 5.92 Å². The van der Waals surface area contributed by atoms with Gasteiger partial charge in [-0.15, -0.1) is 0 Å². The zero-order chi connectivity index (χ0) is 11.5. The van der Waals surface area contributed by atoms with E-state index in [1.54, 1.807) is 0 Å². The zero-order valence-electron chi connectivity index (χ0n) is 9.91. The van der Waals surface area contributed by atoms with Crippen LogP contribution < -0.4 is 0 Å². The van der Waals surface area contributed by atoms with Gasteiger partial charge in [-0.25, -0.2) is 0 Å². The van der Waals surface area contributed by atoms with E-state index in [1.807, 2.05) is 6.07 Å². The van der Waals surface area contributed by atoms with E-state index in [1.165, 1.54) is 23.7 Å². The van der Waals surface area contributed by atoms with Crippen LogP contribution in [0.1, 0.15) is 26.7 Å². The molecule has 0 radical (unpaired) electrons. The first-order valence-electron chi connectivity index (χ1n) is 5.99. The maximum atomic E-state index is 6.04. The number of fused-ring (bicyclic) bond motifs is 1. The summed E-state index contributed by atoms with van der Waals surface area (Å²) < 4.78 is 2.32. The highest BCUT2D eigenvalue weighted by atomic mass is 35.5. The summed E-state index contributed by atoms with van der Waals surface area (Å²) in [6, 6.07) is 8.25. The predicted octanol–water partition coefficient (Wildman–Crippen LogP) is 4.73. The van der Waals surface area contributed by atoms with Crippen molar-refractivity contribution in [3.05, 3.63) is 35.5 Å². The van der Waals surface area contributed by atoms with Gasteiger partial charge in [0.25, 0.3) is 0 Å². The van der Waals surface area contributed by atoms with Crippen LogP contribution in [0.25, 0.3) is 10.9 Å². The van der Waals surface area contributed by atoms with E-state index in [9.17, 15) is 0 Å². The van der Waals surface area contributed by atoms with Crippen molar-refractivity contribution in [2.45, 2.75) is 33.2 Å². The average molecular weight is 236 g/mol. The molecule has 16 heavy (non-hydrogen) atoms. The average Bonchev–Trinajstić information content (AvgIpc) is 2.68. The van der Waals surface area contributed by atoms with E-state index in [2.05, 4.69) is 42.8 Å². The van der Waals surface area contributed by atoms with Crippen molar-refractivity contribution in [3.8, 4) is 0 Å². The minimum atomic E-state index is 0.759. The van der Waals surface area contributed by atoms with Gasteiger partial charge in [0.1, 0.15) is 0 Å². The fourth-order valence-corrected chi connectivity index (χ4v) is 2.31. The Labute approximate surface area is 102 Å². The highest BCUT2D eigenvalue weighted by Crippen LogP contribution is 2.22. The number of benzene rings is 1. The van der Waals surface area contributed by atoms with Crippen LogP contribution in [0.5, 0.6) is 0 Å². The molecule has 1 aromatic carbocycles. The maximum Gasteiger partial charge on any atom is 0.0495 e. The summed E-state index contributed by atoms with van der Waals surface area (Å²) >= 11 is 6.04. The number of aromatic nitrogens is 1. The maximum absolute atomic E-state index is 6.04. The van der Waals surface area contributed by atoms with Gasteiger partial charge in [-0.3, -0.25) is 0 Å². The molecule has 2 aromatic rings. The van der Waals surface area contributed by atoms with Crippen LogP contribution >= 0.6 is 11.6 Å². The van der Waals surface area contributed by atoms with E-state index in [0.717, 1.165) is 17.5 Å². The summed E-state index contributed by atoms with van der Waals surface area (Å²) in [5.74, 6) is 0.759. The lowest BCUT2D eigenvalue weighted by molar-refractivity contribution is 0.425. The van der Waals surface area contributed by atoms with Crippen LogP contribution in [0.2, 0.25) is 5.02 Å². The molecule has 0 unspecified atom stereocenters. The Morgan fingerprint density at radius 2 is 1.94 bits per heavy atom. The van der Waals surface area contributed by atoms with Crippen LogP contribution in [-0.4, -0.2) is 4.57 Å². The highest BCUT2D eigenvalue weighted by Gasteiger charge is 2.07. The van der Waals surface area contributed by atoms with Gasteiger partial charge in [-0.05, 0) is 29.5 Å². The Bertz CT molecular complexity index is 469. The SMILES string of the molecule is CCC(CC)Cn1ccc2ccc(Cl)cc21. The van der Waals surface area contributed by atoms with Crippen molar-refractivity contribution < 1.29 is 0 Å². The quantitative estimate of drug-likeness (QED) is 0.722. The summed E-state index contributed by atoms with van der Waals surface area (Å²) in [7, 11) is 0. The van der Waals surface area contributed by atoms with Crippen molar-refractivity contribution >= 4 is 22.5 Å². The Morgan fingerprint density at radius 1 is 1.19 bits per heavy atom. The second kappa shape index (κ2) is 4.92. The van der Waals surface area contributed by atoms with Crippen molar-refractivity contribution in [1.82, 2.24) is 4.57 Å². The molecule has 0 bridgehead atoms. The van der Waals surface area contributed by atoms with Crippen molar-refractivity contribution in [2.24, 2.45) is 5.92 Å². The molecular weight excluding hydrogens is 218 g/mol. The Morgan fingerprint density at radius 3 is 2.62 bits per heavy atom. The lowest BCUT2D eigenvalue weighted by atomic mass is 10.0. The summed E-state index contributed by atoms with van der Waals surface area (Å²) in [5, 5.41) is 2.09. The third-order valence-corrected chi connectivity index (χ3v) is 3.58. The van der Waals surface area contributed by atoms with Crippen molar-refractivity contribution in [3.63, 3.8) is 0 Å². The molecule has 0 aliphatic rings. The zero-order valence-corrected chi connectivity index (χ0v) is 10.7. The molecule has 2 rings (SSSR count). The molecule has 0 saturated carbocycles. The topological polar surface area (TPSA) is 4.93 Å². The second-order valence-electron chi connectivity index (χ2n) is 4.35. The Kier molecular flexibility index (Phi) is 3.55. The van der Waals surface area contributed by atoms with E-state index in [4.69, 9.17) is 11.6 Å². The number of hydrogen-bond acceptors (Lipinski definition) is 0. The van der Waals surface area contributed by atoms with Gasteiger partial charge >= 0.3 is 0 Å². The van der Waals surface area contributed by atoms with Gasteiger partial charge < -0.3 is 4.57 Å². The van der Waals surface area contributed by atoms with E-state index in [-0.39, 0.29) is 0 Å². The molecule has 0 N–H and O–H groups in total. The Balaban J connectivity index is 2.33. The van der Waals surface area contributed by atoms with Gasteiger partial charge in [-0.2, -0.15) is 0 Å². The Hall–Kier alpha value is -0.950. The van der Waals surface area contributed by atoms with Crippen LogP contribution in [0.4, 0.5) is 0 Å². The van der Waals surface area contributed by atoms with Gasteiger partial charge in [0.2, 0.25) is 0 Å². The van der Waals surface area contributed by atoms with Crippen molar-refractivity contribution in [2.75, 3.05) is 0 Å². The first-order valence-corrected chi connectivity index (χ1v) is 6.36. The third-order valence-electron chi connectivity index (χ3n) is 3.35.